The van der Waals surface area contributed by atoms with Gasteiger partial charge in [-0.05, 0) is 25.1 Å². The number of hydrogen-bond acceptors (Lipinski definition) is 7. The number of carbonyl (C=O) groups excluding carboxylic acids is 2. The van der Waals surface area contributed by atoms with Gasteiger partial charge in [-0.25, -0.2) is 0 Å². The molecule has 0 bridgehead atoms. The SMILES string of the molecule is CCOc1cccc(Nc2cc(S(=O)(=O)O)c(N)c3c2C(=O)c2ccccc2C3=O)c1. The second-order valence-electron chi connectivity index (χ2n) is 6.85. The van der Waals surface area contributed by atoms with Crippen LogP contribution in [0.1, 0.15) is 38.8 Å². The van der Waals surface area contributed by atoms with Crippen molar-refractivity contribution in [3.63, 3.8) is 0 Å². The number of hydrogen-bond donors (Lipinski definition) is 3. The Balaban J connectivity index is 1.97. The summed E-state index contributed by atoms with van der Waals surface area (Å²) in [5.41, 5.74) is 5.98. The maximum absolute atomic E-state index is 13.3. The van der Waals surface area contributed by atoms with Gasteiger partial charge in [-0.3, -0.25) is 14.1 Å². The van der Waals surface area contributed by atoms with Crippen molar-refractivity contribution < 1.29 is 27.3 Å². The molecule has 0 radical (unpaired) electrons. The summed E-state index contributed by atoms with van der Waals surface area (Å²) in [7, 11) is -4.77. The smallest absolute Gasteiger partial charge is 0.296 e. The number of nitrogen functional groups attached to an aromatic ring is 1. The monoisotopic (exact) mass is 438 g/mol. The van der Waals surface area contributed by atoms with Crippen LogP contribution in [-0.4, -0.2) is 31.1 Å². The Morgan fingerprint density at radius 2 is 1.61 bits per heavy atom. The van der Waals surface area contributed by atoms with Crippen LogP contribution in [0.4, 0.5) is 17.1 Å². The number of nitrogens with one attached hydrogen (secondary N) is 1. The molecule has 8 nitrogen and oxygen atoms in total. The van der Waals surface area contributed by atoms with E-state index < -0.39 is 32.3 Å². The molecule has 0 atom stereocenters. The lowest BCUT2D eigenvalue weighted by molar-refractivity contribution is 0.0980. The Kier molecular flexibility index (Phi) is 5.00. The van der Waals surface area contributed by atoms with E-state index in [9.17, 15) is 22.6 Å². The Morgan fingerprint density at radius 1 is 0.968 bits per heavy atom. The van der Waals surface area contributed by atoms with Crippen LogP contribution >= 0.6 is 0 Å². The molecule has 9 heteroatoms. The second-order valence-corrected chi connectivity index (χ2v) is 8.24. The van der Waals surface area contributed by atoms with Gasteiger partial charge in [0.15, 0.2) is 11.6 Å². The highest BCUT2D eigenvalue weighted by Crippen LogP contribution is 2.40. The first kappa shape index (κ1) is 20.6. The molecule has 0 unspecified atom stereocenters. The summed E-state index contributed by atoms with van der Waals surface area (Å²) in [4.78, 5) is 25.7. The zero-order chi connectivity index (χ0) is 22.3. The third-order valence-electron chi connectivity index (χ3n) is 4.90. The van der Waals surface area contributed by atoms with Crippen molar-refractivity contribution in [2.75, 3.05) is 17.7 Å². The molecule has 3 aromatic carbocycles. The van der Waals surface area contributed by atoms with Crippen molar-refractivity contribution in [2.24, 2.45) is 0 Å². The molecule has 0 amide bonds. The van der Waals surface area contributed by atoms with Crippen molar-refractivity contribution in [1.29, 1.82) is 0 Å². The van der Waals surface area contributed by atoms with Crippen LogP contribution in [0.2, 0.25) is 0 Å². The van der Waals surface area contributed by atoms with Crippen molar-refractivity contribution in [2.45, 2.75) is 11.8 Å². The summed E-state index contributed by atoms with van der Waals surface area (Å²) in [6.07, 6.45) is 0. The first-order chi connectivity index (χ1) is 14.7. The van der Waals surface area contributed by atoms with Crippen LogP contribution in [0.5, 0.6) is 5.75 Å². The molecule has 0 heterocycles. The second kappa shape index (κ2) is 7.53. The minimum atomic E-state index is -4.77. The molecule has 31 heavy (non-hydrogen) atoms. The largest absolute Gasteiger partial charge is 0.494 e. The molecule has 3 aromatic rings. The molecular weight excluding hydrogens is 420 g/mol. The van der Waals surface area contributed by atoms with E-state index in [0.29, 0.717) is 18.0 Å². The average molecular weight is 438 g/mol. The van der Waals surface area contributed by atoms with Crippen molar-refractivity contribution >= 4 is 38.7 Å². The van der Waals surface area contributed by atoms with E-state index in [1.165, 1.54) is 12.1 Å². The zero-order valence-corrected chi connectivity index (χ0v) is 17.2. The molecular formula is C22H18N2O6S. The van der Waals surface area contributed by atoms with E-state index in [1.54, 1.807) is 36.4 Å². The third-order valence-corrected chi connectivity index (χ3v) is 5.80. The van der Waals surface area contributed by atoms with E-state index in [0.717, 1.165) is 6.07 Å². The molecule has 4 rings (SSSR count). The van der Waals surface area contributed by atoms with Gasteiger partial charge in [-0.2, -0.15) is 8.42 Å². The van der Waals surface area contributed by atoms with Gasteiger partial charge in [0, 0.05) is 22.9 Å². The minimum Gasteiger partial charge on any atom is -0.494 e. The minimum absolute atomic E-state index is 0.0262. The summed E-state index contributed by atoms with van der Waals surface area (Å²) in [6.45, 7) is 2.27. The fourth-order valence-electron chi connectivity index (χ4n) is 3.59. The van der Waals surface area contributed by atoms with Gasteiger partial charge in [0.25, 0.3) is 10.1 Å². The number of rotatable bonds is 5. The first-order valence-electron chi connectivity index (χ1n) is 9.34. The average Bonchev–Trinajstić information content (AvgIpc) is 2.72. The summed E-state index contributed by atoms with van der Waals surface area (Å²) in [6, 6.07) is 14.0. The fourth-order valence-corrected chi connectivity index (χ4v) is 4.24. The number of carbonyl (C=O) groups is 2. The number of ketones is 2. The summed E-state index contributed by atoms with van der Waals surface area (Å²) < 4.78 is 39.0. The van der Waals surface area contributed by atoms with Gasteiger partial charge in [0.05, 0.1) is 29.1 Å². The number of ether oxygens (including phenoxy) is 1. The molecule has 0 aromatic heterocycles. The molecule has 1 aliphatic carbocycles. The highest BCUT2D eigenvalue weighted by atomic mass is 32.2. The standard InChI is InChI=1S/C22H18N2O6S/c1-2-30-13-7-5-6-12(10-13)24-16-11-17(31(27,28)29)20(23)19-18(16)21(25)14-8-3-4-9-15(14)22(19)26/h3-11,24H,2,23H2,1H3,(H,27,28,29). The topological polar surface area (TPSA) is 136 Å². The predicted molar refractivity (Wildman–Crippen MR) is 115 cm³/mol. The van der Waals surface area contributed by atoms with Gasteiger partial charge in [-0.15, -0.1) is 0 Å². The van der Waals surface area contributed by atoms with Gasteiger partial charge >= 0.3 is 0 Å². The van der Waals surface area contributed by atoms with Gasteiger partial charge in [0.1, 0.15) is 10.6 Å². The summed E-state index contributed by atoms with van der Waals surface area (Å²) >= 11 is 0. The Hall–Kier alpha value is -3.69. The normalized spacial score (nSPS) is 12.8. The lowest BCUT2D eigenvalue weighted by atomic mass is 9.82. The van der Waals surface area contributed by atoms with Gasteiger partial charge in [-0.1, -0.05) is 30.3 Å². The van der Waals surface area contributed by atoms with Crippen LogP contribution in [0.25, 0.3) is 0 Å². The van der Waals surface area contributed by atoms with E-state index in [4.69, 9.17) is 10.5 Å². The lowest BCUT2D eigenvalue weighted by Gasteiger charge is -2.23. The van der Waals surface area contributed by atoms with Crippen molar-refractivity contribution in [1.82, 2.24) is 0 Å². The Labute approximate surface area is 178 Å². The molecule has 0 spiro atoms. The Morgan fingerprint density at radius 3 is 2.23 bits per heavy atom. The van der Waals surface area contributed by atoms with E-state index in [-0.39, 0.29) is 27.9 Å². The van der Waals surface area contributed by atoms with Crippen LogP contribution < -0.4 is 15.8 Å². The Bertz CT molecular complexity index is 1350. The number of fused-ring (bicyclic) bond motifs is 2. The maximum atomic E-state index is 13.3. The van der Waals surface area contributed by atoms with Gasteiger partial charge in [0.2, 0.25) is 0 Å². The molecule has 158 valence electrons. The highest BCUT2D eigenvalue weighted by Gasteiger charge is 2.36. The molecule has 1 aliphatic rings. The molecule has 0 aliphatic heterocycles. The van der Waals surface area contributed by atoms with E-state index >= 15 is 0 Å². The van der Waals surface area contributed by atoms with Gasteiger partial charge < -0.3 is 15.8 Å². The molecule has 0 fully saturated rings. The van der Waals surface area contributed by atoms with Crippen molar-refractivity contribution in [3.05, 3.63) is 76.9 Å². The van der Waals surface area contributed by atoms with Crippen LogP contribution in [0, 0.1) is 0 Å². The number of anilines is 3. The fraction of sp³-hybridized carbons (Fsp3) is 0.0909. The molecule has 4 N–H and O–H groups in total. The lowest BCUT2D eigenvalue weighted by Crippen LogP contribution is -2.25. The van der Waals surface area contributed by atoms with E-state index in [2.05, 4.69) is 5.32 Å². The number of benzene rings is 3. The molecule has 0 saturated carbocycles. The van der Waals surface area contributed by atoms with E-state index in [1.807, 2.05) is 6.92 Å². The quantitative estimate of drug-likeness (QED) is 0.318. The third kappa shape index (κ3) is 3.54. The maximum Gasteiger partial charge on any atom is 0.296 e. The van der Waals surface area contributed by atoms with Crippen LogP contribution in [-0.2, 0) is 10.1 Å². The zero-order valence-electron chi connectivity index (χ0n) is 16.4. The summed E-state index contributed by atoms with van der Waals surface area (Å²) in [5, 5.41) is 2.97. The molecule has 0 saturated heterocycles. The first-order valence-corrected chi connectivity index (χ1v) is 10.8. The summed E-state index contributed by atoms with van der Waals surface area (Å²) in [5.74, 6) is -0.527. The predicted octanol–water partition coefficient (Wildman–Crippen LogP) is 3.43. The number of nitrogens with two attached hydrogens (primary N) is 1. The van der Waals surface area contributed by atoms with Crippen LogP contribution in [0.3, 0.4) is 0 Å². The highest BCUT2D eigenvalue weighted by molar-refractivity contribution is 7.86. The van der Waals surface area contributed by atoms with Crippen molar-refractivity contribution in [3.8, 4) is 5.75 Å². The van der Waals surface area contributed by atoms with Crippen LogP contribution in [0.15, 0.2) is 59.5 Å².